The molecule has 0 aliphatic carbocycles. The second kappa shape index (κ2) is 9.77. The molecule has 8 nitrogen and oxygen atoms in total. The number of dihydropyridines is 1. The highest BCUT2D eigenvalue weighted by Gasteiger charge is 2.37. The Kier molecular flexibility index (Phi) is 7.41. The Morgan fingerprint density at radius 2 is 1.52 bits per heavy atom. The van der Waals surface area contributed by atoms with E-state index >= 15 is 0 Å². The van der Waals surface area contributed by atoms with Gasteiger partial charge in [0.2, 0.25) is 0 Å². The van der Waals surface area contributed by atoms with Gasteiger partial charge in [-0.25, -0.2) is 14.4 Å². The van der Waals surface area contributed by atoms with E-state index < -0.39 is 23.8 Å². The van der Waals surface area contributed by atoms with Gasteiger partial charge in [-0.2, -0.15) is 0 Å². The first-order valence-corrected chi connectivity index (χ1v) is 9.07. The predicted molar refractivity (Wildman–Crippen MR) is 104 cm³/mol. The van der Waals surface area contributed by atoms with E-state index in [1.165, 1.54) is 14.2 Å². The van der Waals surface area contributed by atoms with E-state index in [2.05, 4.69) is 10.1 Å². The van der Waals surface area contributed by atoms with Crippen LogP contribution in [0.2, 0.25) is 0 Å². The third-order valence-electron chi connectivity index (χ3n) is 4.46. The second-order valence-electron chi connectivity index (χ2n) is 6.28. The summed E-state index contributed by atoms with van der Waals surface area (Å²) in [4.78, 5) is 36.4. The summed E-state index contributed by atoms with van der Waals surface area (Å²) in [5.41, 5.74) is 2.53. The van der Waals surface area contributed by atoms with E-state index in [1.54, 1.807) is 45.0 Å². The third kappa shape index (κ3) is 4.96. The van der Waals surface area contributed by atoms with Crippen molar-refractivity contribution in [3.8, 4) is 5.75 Å². The zero-order valence-corrected chi connectivity index (χ0v) is 17.2. The molecule has 1 aromatic rings. The number of nitrogens with one attached hydrogen (secondary N) is 1. The summed E-state index contributed by atoms with van der Waals surface area (Å²) in [5.74, 6) is -1.77. The van der Waals surface area contributed by atoms with Crippen LogP contribution in [0.3, 0.4) is 0 Å². The SMILES string of the molecule is CCOC(=O)C1=C(C)NC(C)=C(C(=O)OC)C1c1ccc(OCC(=O)OC)cc1. The highest BCUT2D eigenvalue weighted by molar-refractivity contribution is 5.99. The molecule has 2 rings (SSSR count). The lowest BCUT2D eigenvalue weighted by molar-refractivity contribution is -0.143. The maximum absolute atomic E-state index is 12.7. The van der Waals surface area contributed by atoms with Gasteiger partial charge in [0.25, 0.3) is 0 Å². The van der Waals surface area contributed by atoms with Crippen molar-refractivity contribution in [2.45, 2.75) is 26.7 Å². The molecule has 0 radical (unpaired) electrons. The van der Waals surface area contributed by atoms with Crippen molar-refractivity contribution >= 4 is 17.9 Å². The summed E-state index contributed by atoms with van der Waals surface area (Å²) in [6.45, 7) is 5.21. The molecule has 0 aromatic heterocycles. The van der Waals surface area contributed by atoms with Crippen molar-refractivity contribution in [2.75, 3.05) is 27.4 Å². The molecule has 1 heterocycles. The topological polar surface area (TPSA) is 100 Å². The van der Waals surface area contributed by atoms with Crippen LogP contribution in [0.4, 0.5) is 0 Å². The molecular formula is C21H25NO7. The average Bonchev–Trinajstić information content (AvgIpc) is 2.71. The number of ether oxygens (including phenoxy) is 4. The Labute approximate surface area is 169 Å². The van der Waals surface area contributed by atoms with Crippen LogP contribution in [0.15, 0.2) is 46.8 Å². The van der Waals surface area contributed by atoms with E-state index in [0.29, 0.717) is 33.9 Å². The molecule has 1 N–H and O–H groups in total. The highest BCUT2D eigenvalue weighted by atomic mass is 16.6. The maximum Gasteiger partial charge on any atom is 0.343 e. The zero-order chi connectivity index (χ0) is 21.6. The van der Waals surface area contributed by atoms with E-state index in [0.717, 1.165) is 0 Å². The molecule has 0 saturated heterocycles. The summed E-state index contributed by atoms with van der Waals surface area (Å²) in [5, 5.41) is 3.07. The van der Waals surface area contributed by atoms with Crippen molar-refractivity contribution in [1.82, 2.24) is 5.32 Å². The molecule has 0 fully saturated rings. The van der Waals surface area contributed by atoms with Crippen LogP contribution < -0.4 is 10.1 Å². The van der Waals surface area contributed by atoms with Gasteiger partial charge in [-0.3, -0.25) is 0 Å². The zero-order valence-electron chi connectivity index (χ0n) is 17.2. The predicted octanol–water partition coefficient (Wildman–Crippen LogP) is 2.21. The lowest BCUT2D eigenvalue weighted by Crippen LogP contribution is -2.32. The van der Waals surface area contributed by atoms with Gasteiger partial charge in [0, 0.05) is 11.4 Å². The van der Waals surface area contributed by atoms with Crippen LogP contribution in [-0.4, -0.2) is 45.3 Å². The van der Waals surface area contributed by atoms with Crippen molar-refractivity contribution in [3.63, 3.8) is 0 Å². The summed E-state index contributed by atoms with van der Waals surface area (Å²) in [7, 11) is 2.57. The first-order chi connectivity index (χ1) is 13.8. The number of carbonyl (C=O) groups is 3. The fraction of sp³-hybridized carbons (Fsp3) is 0.381. The van der Waals surface area contributed by atoms with Crippen LogP contribution in [-0.2, 0) is 28.6 Å². The van der Waals surface area contributed by atoms with Crippen molar-refractivity contribution < 1.29 is 33.3 Å². The normalized spacial score (nSPS) is 16.1. The van der Waals surface area contributed by atoms with Crippen molar-refractivity contribution in [3.05, 3.63) is 52.4 Å². The minimum absolute atomic E-state index is 0.207. The quantitative estimate of drug-likeness (QED) is 0.546. The molecule has 0 bridgehead atoms. The minimum atomic E-state index is -0.669. The van der Waals surface area contributed by atoms with Crippen LogP contribution in [0.5, 0.6) is 5.75 Å². The number of esters is 3. The number of carbonyl (C=O) groups excluding carboxylic acids is 3. The van der Waals surface area contributed by atoms with Crippen molar-refractivity contribution in [1.29, 1.82) is 0 Å². The number of benzene rings is 1. The van der Waals surface area contributed by atoms with Gasteiger partial charge >= 0.3 is 17.9 Å². The lowest BCUT2D eigenvalue weighted by atomic mass is 9.80. The Hall–Kier alpha value is -3.29. The molecule has 0 amide bonds. The molecule has 156 valence electrons. The number of allylic oxidation sites excluding steroid dienone is 2. The Balaban J connectivity index is 2.46. The number of rotatable bonds is 7. The minimum Gasteiger partial charge on any atom is -0.482 e. The van der Waals surface area contributed by atoms with E-state index in [4.69, 9.17) is 14.2 Å². The van der Waals surface area contributed by atoms with Gasteiger partial charge in [-0.15, -0.1) is 0 Å². The van der Waals surface area contributed by atoms with Gasteiger partial charge < -0.3 is 24.3 Å². The Bertz CT molecular complexity index is 852. The largest absolute Gasteiger partial charge is 0.482 e. The van der Waals surface area contributed by atoms with Gasteiger partial charge in [0.05, 0.1) is 37.9 Å². The number of hydrogen-bond donors (Lipinski definition) is 1. The van der Waals surface area contributed by atoms with Crippen LogP contribution in [0.1, 0.15) is 32.3 Å². The number of hydrogen-bond acceptors (Lipinski definition) is 8. The van der Waals surface area contributed by atoms with E-state index in [-0.39, 0.29) is 13.2 Å². The fourth-order valence-corrected chi connectivity index (χ4v) is 3.14. The maximum atomic E-state index is 12.7. The van der Waals surface area contributed by atoms with E-state index in [9.17, 15) is 14.4 Å². The van der Waals surface area contributed by atoms with Crippen LogP contribution in [0.25, 0.3) is 0 Å². The van der Waals surface area contributed by atoms with Crippen LogP contribution in [0, 0.1) is 0 Å². The summed E-state index contributed by atoms with van der Waals surface area (Å²) in [6, 6.07) is 6.77. The van der Waals surface area contributed by atoms with Gasteiger partial charge in [0.1, 0.15) is 5.75 Å². The summed E-state index contributed by atoms with van der Waals surface area (Å²) < 4.78 is 20.1. The smallest absolute Gasteiger partial charge is 0.343 e. The molecular weight excluding hydrogens is 378 g/mol. The standard InChI is InChI=1S/C21H25NO7/c1-6-28-21(25)18-13(3)22-12(2)17(20(24)27-5)19(18)14-7-9-15(10-8-14)29-11-16(23)26-4/h7-10,19,22H,6,11H2,1-5H3. The molecule has 1 atom stereocenters. The Morgan fingerprint density at radius 3 is 2.03 bits per heavy atom. The van der Waals surface area contributed by atoms with Crippen LogP contribution >= 0.6 is 0 Å². The first-order valence-electron chi connectivity index (χ1n) is 9.07. The molecule has 1 aliphatic heterocycles. The summed E-state index contributed by atoms with van der Waals surface area (Å²) >= 11 is 0. The van der Waals surface area contributed by atoms with Gasteiger partial charge in [-0.05, 0) is 38.5 Å². The first kappa shape index (κ1) is 22.0. The molecule has 1 unspecified atom stereocenters. The summed E-state index contributed by atoms with van der Waals surface area (Å²) in [6.07, 6.45) is 0. The fourth-order valence-electron chi connectivity index (χ4n) is 3.14. The molecule has 1 aromatic carbocycles. The average molecular weight is 403 g/mol. The molecule has 29 heavy (non-hydrogen) atoms. The van der Waals surface area contributed by atoms with Gasteiger partial charge in [0.15, 0.2) is 6.61 Å². The molecule has 0 spiro atoms. The number of methoxy groups -OCH3 is 2. The van der Waals surface area contributed by atoms with Crippen molar-refractivity contribution in [2.24, 2.45) is 0 Å². The Morgan fingerprint density at radius 1 is 0.931 bits per heavy atom. The molecule has 0 saturated carbocycles. The van der Waals surface area contributed by atoms with E-state index in [1.807, 2.05) is 0 Å². The lowest BCUT2D eigenvalue weighted by Gasteiger charge is -2.30. The highest BCUT2D eigenvalue weighted by Crippen LogP contribution is 2.39. The second-order valence-corrected chi connectivity index (χ2v) is 6.28. The molecule has 8 heteroatoms. The monoisotopic (exact) mass is 403 g/mol. The van der Waals surface area contributed by atoms with Gasteiger partial charge in [-0.1, -0.05) is 12.1 Å². The third-order valence-corrected chi connectivity index (χ3v) is 4.46. The molecule has 1 aliphatic rings.